The molecule has 4 heterocycles. The van der Waals surface area contributed by atoms with Gasteiger partial charge in [-0.05, 0) is 48.2 Å². The summed E-state index contributed by atoms with van der Waals surface area (Å²) >= 11 is 0. The van der Waals surface area contributed by atoms with Gasteiger partial charge in [0.15, 0.2) is 5.69 Å². The Morgan fingerprint density at radius 2 is 2.00 bits per heavy atom. The van der Waals surface area contributed by atoms with E-state index in [4.69, 9.17) is 19.2 Å². The van der Waals surface area contributed by atoms with E-state index in [0.29, 0.717) is 42.0 Å². The monoisotopic (exact) mass is 526 g/mol. The number of rotatable bonds is 8. The van der Waals surface area contributed by atoms with Gasteiger partial charge in [-0.3, -0.25) is 4.79 Å². The molecule has 2 aromatic carbocycles. The summed E-state index contributed by atoms with van der Waals surface area (Å²) in [5, 5.41) is 7.06. The average molecular weight is 527 g/mol. The van der Waals surface area contributed by atoms with Crippen molar-refractivity contribution in [3.05, 3.63) is 83.2 Å². The maximum atomic E-state index is 13.2. The van der Waals surface area contributed by atoms with E-state index < -0.39 is 5.97 Å². The van der Waals surface area contributed by atoms with Crippen LogP contribution in [0.3, 0.4) is 0 Å². The minimum Gasteiger partial charge on any atom is -0.493 e. The van der Waals surface area contributed by atoms with Gasteiger partial charge in [-0.15, -0.1) is 0 Å². The van der Waals surface area contributed by atoms with Crippen LogP contribution in [0.5, 0.6) is 5.75 Å². The molecule has 2 aliphatic rings. The average Bonchev–Trinajstić information content (AvgIpc) is 3.72. The van der Waals surface area contributed by atoms with Gasteiger partial charge in [-0.1, -0.05) is 30.3 Å². The molecule has 1 unspecified atom stereocenters. The van der Waals surface area contributed by atoms with Crippen molar-refractivity contribution >= 4 is 34.3 Å². The molecular weight excluding hydrogens is 496 g/mol. The molecule has 200 valence electrons. The lowest BCUT2D eigenvalue weighted by Gasteiger charge is -2.14. The van der Waals surface area contributed by atoms with Crippen LogP contribution in [0.25, 0.3) is 11.0 Å². The Bertz CT molecular complexity index is 1530. The summed E-state index contributed by atoms with van der Waals surface area (Å²) in [5.74, 6) is 0.0726. The Hall–Kier alpha value is -4.37. The quantitative estimate of drug-likeness (QED) is 0.318. The van der Waals surface area contributed by atoms with E-state index in [9.17, 15) is 9.59 Å². The van der Waals surface area contributed by atoms with Gasteiger partial charge >= 0.3 is 5.97 Å². The topological polar surface area (TPSA) is 104 Å². The van der Waals surface area contributed by atoms with Crippen molar-refractivity contribution in [3.63, 3.8) is 0 Å². The number of methoxy groups -OCH3 is 1. The van der Waals surface area contributed by atoms with E-state index in [0.717, 1.165) is 42.9 Å². The standard InChI is InChI=1S/C30H30N4O5/c1-37-30(36)27-26(33-29(35)20-6-3-2-4-7-20)24-15-22(17-32-28(24)34(27)18-23-8-5-12-38-23)31-16-19-9-10-25-21(14-19)11-13-39-25/h2-4,6-7,9-10,14-15,17,23,31H,5,8,11-13,16,18H2,1H3,(H,33,35). The van der Waals surface area contributed by atoms with Gasteiger partial charge in [0.2, 0.25) is 0 Å². The molecule has 2 aromatic heterocycles. The van der Waals surface area contributed by atoms with Gasteiger partial charge in [-0.2, -0.15) is 0 Å². The van der Waals surface area contributed by atoms with Crippen LogP contribution in [0, 0.1) is 0 Å². The van der Waals surface area contributed by atoms with Crippen LogP contribution < -0.4 is 15.4 Å². The third-order valence-corrected chi connectivity index (χ3v) is 7.21. The highest BCUT2D eigenvalue weighted by Gasteiger charge is 2.29. The molecule has 0 saturated carbocycles. The maximum Gasteiger partial charge on any atom is 0.356 e. The number of hydrogen-bond acceptors (Lipinski definition) is 7. The number of aromatic nitrogens is 2. The highest BCUT2D eigenvalue weighted by molar-refractivity contribution is 6.14. The molecule has 0 bridgehead atoms. The van der Waals surface area contributed by atoms with Crippen LogP contribution >= 0.6 is 0 Å². The first-order valence-electron chi connectivity index (χ1n) is 13.2. The zero-order chi connectivity index (χ0) is 26.8. The minimum atomic E-state index is -0.552. The fourth-order valence-electron chi connectivity index (χ4n) is 5.26. The Morgan fingerprint density at radius 1 is 1.13 bits per heavy atom. The van der Waals surface area contributed by atoms with Crippen molar-refractivity contribution in [1.29, 1.82) is 0 Å². The largest absolute Gasteiger partial charge is 0.493 e. The number of esters is 1. The van der Waals surface area contributed by atoms with E-state index in [1.54, 1.807) is 30.5 Å². The summed E-state index contributed by atoms with van der Waals surface area (Å²) in [6, 6.07) is 17.0. The molecule has 2 aliphatic heterocycles. The molecule has 1 amide bonds. The molecule has 0 radical (unpaired) electrons. The van der Waals surface area contributed by atoms with Crippen molar-refractivity contribution in [2.24, 2.45) is 0 Å². The van der Waals surface area contributed by atoms with E-state index in [1.807, 2.05) is 28.8 Å². The number of carbonyl (C=O) groups is 2. The number of fused-ring (bicyclic) bond motifs is 2. The summed E-state index contributed by atoms with van der Waals surface area (Å²) in [6.45, 7) is 2.42. The smallest absolute Gasteiger partial charge is 0.356 e. The lowest BCUT2D eigenvalue weighted by molar-refractivity contribution is 0.0580. The Balaban J connectivity index is 1.38. The highest BCUT2D eigenvalue weighted by Crippen LogP contribution is 2.34. The Labute approximate surface area is 226 Å². The zero-order valence-electron chi connectivity index (χ0n) is 21.7. The number of nitrogens with zero attached hydrogens (tertiary/aromatic N) is 2. The summed E-state index contributed by atoms with van der Waals surface area (Å²) in [6.07, 6.45) is 4.46. The van der Waals surface area contributed by atoms with Crippen LogP contribution in [0.1, 0.15) is 44.8 Å². The number of amides is 1. The fourth-order valence-corrected chi connectivity index (χ4v) is 5.26. The lowest BCUT2D eigenvalue weighted by atomic mass is 10.1. The number of ether oxygens (including phenoxy) is 3. The molecule has 1 saturated heterocycles. The second kappa shape index (κ2) is 10.8. The molecule has 39 heavy (non-hydrogen) atoms. The van der Waals surface area contributed by atoms with Gasteiger partial charge in [0.25, 0.3) is 5.91 Å². The summed E-state index contributed by atoms with van der Waals surface area (Å²) < 4.78 is 18.5. The first-order chi connectivity index (χ1) is 19.1. The minimum absolute atomic E-state index is 0.0509. The number of benzene rings is 2. The molecular formula is C30H30N4O5. The van der Waals surface area contributed by atoms with E-state index >= 15 is 0 Å². The van der Waals surface area contributed by atoms with Crippen LogP contribution in [0.2, 0.25) is 0 Å². The van der Waals surface area contributed by atoms with Gasteiger partial charge < -0.3 is 29.4 Å². The summed E-state index contributed by atoms with van der Waals surface area (Å²) in [7, 11) is 1.33. The zero-order valence-corrected chi connectivity index (χ0v) is 21.7. The van der Waals surface area contributed by atoms with E-state index in [-0.39, 0.29) is 17.7 Å². The molecule has 1 fully saturated rings. The van der Waals surface area contributed by atoms with Gasteiger partial charge in [0.1, 0.15) is 11.4 Å². The lowest BCUT2D eigenvalue weighted by Crippen LogP contribution is -2.21. The Kier molecular flexibility index (Phi) is 6.89. The fraction of sp³-hybridized carbons (Fsp3) is 0.300. The van der Waals surface area contributed by atoms with Gasteiger partial charge in [0.05, 0.1) is 43.9 Å². The van der Waals surface area contributed by atoms with Gasteiger partial charge in [0, 0.05) is 30.5 Å². The number of pyridine rings is 1. The second-order valence-electron chi connectivity index (χ2n) is 9.77. The first-order valence-corrected chi connectivity index (χ1v) is 13.2. The summed E-state index contributed by atoms with van der Waals surface area (Å²) in [5.41, 5.74) is 4.78. The van der Waals surface area contributed by atoms with Crippen molar-refractivity contribution in [2.45, 2.75) is 38.5 Å². The number of nitrogens with one attached hydrogen (secondary N) is 2. The second-order valence-corrected chi connectivity index (χ2v) is 9.77. The predicted octanol–water partition coefficient (Wildman–Crippen LogP) is 4.80. The van der Waals surface area contributed by atoms with Crippen LogP contribution in [0.4, 0.5) is 11.4 Å². The van der Waals surface area contributed by atoms with Crippen LogP contribution in [-0.2, 0) is 29.0 Å². The predicted molar refractivity (Wildman–Crippen MR) is 147 cm³/mol. The maximum absolute atomic E-state index is 13.2. The molecule has 9 heteroatoms. The Morgan fingerprint density at radius 3 is 2.79 bits per heavy atom. The third kappa shape index (κ3) is 5.05. The highest BCUT2D eigenvalue weighted by atomic mass is 16.5. The third-order valence-electron chi connectivity index (χ3n) is 7.21. The van der Waals surface area contributed by atoms with Crippen molar-refractivity contribution < 1.29 is 23.8 Å². The molecule has 9 nitrogen and oxygen atoms in total. The molecule has 4 aromatic rings. The SMILES string of the molecule is COC(=O)c1c(NC(=O)c2ccccc2)c2cc(NCc3ccc4c(c3)CCO4)cnc2n1CC1CCCO1. The molecule has 0 aliphatic carbocycles. The molecule has 1 atom stereocenters. The van der Waals surface area contributed by atoms with Crippen molar-refractivity contribution in [2.75, 3.05) is 31.0 Å². The first kappa shape index (κ1) is 24.9. The van der Waals surface area contributed by atoms with Crippen molar-refractivity contribution in [3.8, 4) is 5.75 Å². The van der Waals surface area contributed by atoms with Gasteiger partial charge in [-0.25, -0.2) is 9.78 Å². The number of anilines is 2. The molecule has 6 rings (SSSR count). The van der Waals surface area contributed by atoms with Crippen LogP contribution in [0.15, 0.2) is 60.8 Å². The summed E-state index contributed by atoms with van der Waals surface area (Å²) in [4.78, 5) is 31.1. The van der Waals surface area contributed by atoms with E-state index in [2.05, 4.69) is 16.7 Å². The van der Waals surface area contributed by atoms with Crippen LogP contribution in [-0.4, -0.2) is 47.9 Å². The number of carbonyl (C=O) groups excluding carboxylic acids is 2. The van der Waals surface area contributed by atoms with E-state index in [1.165, 1.54) is 12.7 Å². The normalized spacial score (nSPS) is 16.1. The van der Waals surface area contributed by atoms with Crippen molar-refractivity contribution in [1.82, 2.24) is 9.55 Å². The molecule has 2 N–H and O–H groups in total. The molecule has 0 spiro atoms. The number of hydrogen-bond donors (Lipinski definition) is 2.